The lowest BCUT2D eigenvalue weighted by Gasteiger charge is -2.05. The largest absolute Gasteiger partial charge is 0.440 e. The number of rotatable bonds is 3. The molecule has 118 valence electrons. The quantitative estimate of drug-likeness (QED) is 0.624. The normalized spacial score (nSPS) is 11.0. The molecule has 0 aliphatic carbocycles. The van der Waals surface area contributed by atoms with Crippen molar-refractivity contribution in [3.63, 3.8) is 0 Å². The predicted octanol–water partition coefficient (Wildman–Crippen LogP) is 2.02. The van der Waals surface area contributed by atoms with E-state index in [9.17, 15) is 9.59 Å². The van der Waals surface area contributed by atoms with Crippen molar-refractivity contribution >= 4 is 28.3 Å². The Labute approximate surface area is 135 Å². The van der Waals surface area contributed by atoms with Gasteiger partial charge in [-0.2, -0.15) is 0 Å². The van der Waals surface area contributed by atoms with Gasteiger partial charge < -0.3 is 9.73 Å². The molecule has 4 aromatic rings. The zero-order valence-electron chi connectivity index (χ0n) is 12.5. The Bertz CT molecular complexity index is 1080. The second-order valence-corrected chi connectivity index (χ2v) is 5.21. The van der Waals surface area contributed by atoms with Crippen molar-refractivity contribution in [2.45, 2.75) is 6.42 Å². The van der Waals surface area contributed by atoms with Gasteiger partial charge in [-0.15, -0.1) is 0 Å². The Morgan fingerprint density at radius 2 is 2.00 bits per heavy atom. The van der Waals surface area contributed by atoms with E-state index in [1.807, 2.05) is 12.1 Å². The third-order valence-electron chi connectivity index (χ3n) is 3.54. The van der Waals surface area contributed by atoms with Crippen LogP contribution in [0.1, 0.15) is 5.89 Å². The van der Waals surface area contributed by atoms with Gasteiger partial charge in [0.25, 0.3) is 5.56 Å². The monoisotopic (exact) mass is 320 g/mol. The first-order valence-corrected chi connectivity index (χ1v) is 7.31. The minimum atomic E-state index is -0.392. The molecular weight excluding hydrogens is 308 g/mol. The van der Waals surface area contributed by atoms with Crippen LogP contribution >= 0.6 is 0 Å². The summed E-state index contributed by atoms with van der Waals surface area (Å²) in [6.45, 7) is 0. The van der Waals surface area contributed by atoms with Crippen LogP contribution in [0.5, 0.6) is 0 Å². The van der Waals surface area contributed by atoms with E-state index in [1.165, 1.54) is 10.6 Å². The molecule has 3 heterocycles. The smallest absolute Gasteiger partial charge is 0.281 e. The van der Waals surface area contributed by atoms with Crippen LogP contribution in [-0.2, 0) is 11.2 Å². The van der Waals surface area contributed by atoms with Gasteiger partial charge in [0.1, 0.15) is 23.3 Å². The van der Waals surface area contributed by atoms with Gasteiger partial charge in [-0.3, -0.25) is 14.0 Å². The summed E-state index contributed by atoms with van der Waals surface area (Å²) in [5.74, 6) is -0.0983. The van der Waals surface area contributed by atoms with E-state index < -0.39 is 5.91 Å². The minimum absolute atomic E-state index is 0.0639. The molecule has 0 fully saturated rings. The third kappa shape index (κ3) is 2.52. The number of carbonyl (C=O) groups is 1. The number of fused-ring (bicyclic) bond motifs is 2. The number of hydrogen-bond donors (Lipinski definition) is 1. The number of pyridine rings is 1. The van der Waals surface area contributed by atoms with Crippen LogP contribution in [0, 0.1) is 0 Å². The van der Waals surface area contributed by atoms with Gasteiger partial charge in [0.15, 0.2) is 5.58 Å². The number of anilines is 1. The van der Waals surface area contributed by atoms with E-state index in [2.05, 4.69) is 15.3 Å². The van der Waals surface area contributed by atoms with Crippen LogP contribution in [-0.4, -0.2) is 20.3 Å². The number of nitrogens with one attached hydrogen (secondary N) is 1. The molecule has 7 nitrogen and oxygen atoms in total. The minimum Gasteiger partial charge on any atom is -0.440 e. The maximum absolute atomic E-state index is 12.3. The number of carbonyl (C=O) groups excluding carboxylic acids is 1. The molecule has 0 aliphatic heterocycles. The number of nitrogens with zero attached hydrogens (tertiary/aromatic N) is 3. The van der Waals surface area contributed by atoms with Gasteiger partial charge in [-0.1, -0.05) is 18.2 Å². The molecule has 0 saturated heterocycles. The highest BCUT2D eigenvalue weighted by Gasteiger charge is 2.13. The highest BCUT2D eigenvalue weighted by atomic mass is 16.3. The molecule has 1 amide bonds. The number of amides is 1. The van der Waals surface area contributed by atoms with E-state index in [1.54, 1.807) is 36.5 Å². The molecule has 1 aromatic carbocycles. The van der Waals surface area contributed by atoms with Gasteiger partial charge >= 0.3 is 0 Å². The summed E-state index contributed by atoms with van der Waals surface area (Å²) in [5, 5.41) is 2.56. The number of aromatic nitrogens is 3. The van der Waals surface area contributed by atoms with E-state index in [4.69, 9.17) is 4.42 Å². The number of para-hydroxylation sites is 2. The molecule has 0 atom stereocenters. The maximum Gasteiger partial charge on any atom is 0.281 e. The Hall–Kier alpha value is -3.48. The summed E-state index contributed by atoms with van der Waals surface area (Å²) >= 11 is 0. The van der Waals surface area contributed by atoms with Gasteiger partial charge in [0.05, 0.1) is 6.20 Å². The average molecular weight is 320 g/mol. The Balaban J connectivity index is 1.57. The molecule has 0 unspecified atom stereocenters. The fourth-order valence-corrected chi connectivity index (χ4v) is 2.44. The second-order valence-electron chi connectivity index (χ2n) is 5.21. The lowest BCUT2D eigenvalue weighted by atomic mass is 10.3. The second kappa shape index (κ2) is 5.62. The summed E-state index contributed by atoms with van der Waals surface area (Å²) in [5.41, 5.74) is 1.59. The first kappa shape index (κ1) is 14.1. The van der Waals surface area contributed by atoms with Gasteiger partial charge in [0.2, 0.25) is 11.8 Å². The number of hydrogen-bond acceptors (Lipinski definition) is 5. The van der Waals surface area contributed by atoms with E-state index in [-0.39, 0.29) is 17.7 Å². The number of oxazole rings is 1. The van der Waals surface area contributed by atoms with Crippen molar-refractivity contribution in [2.75, 3.05) is 5.32 Å². The van der Waals surface area contributed by atoms with Crippen molar-refractivity contribution in [3.8, 4) is 0 Å². The standard InChI is InChI=1S/C17H12N4O3/c22-15(9-16-20-11-5-1-2-6-13(11)24-16)19-12-10-18-14-7-3-4-8-21(14)17(12)23/h1-8,10H,9H2,(H,19,22). The van der Waals surface area contributed by atoms with Crippen molar-refractivity contribution in [2.24, 2.45) is 0 Å². The fraction of sp³-hybridized carbons (Fsp3) is 0.0588. The molecule has 1 N–H and O–H groups in total. The molecule has 4 rings (SSSR count). The van der Waals surface area contributed by atoms with E-state index in [0.29, 0.717) is 22.6 Å². The Kier molecular flexibility index (Phi) is 3.31. The topological polar surface area (TPSA) is 89.5 Å². The van der Waals surface area contributed by atoms with Crippen LogP contribution in [0.25, 0.3) is 16.7 Å². The summed E-state index contributed by atoms with van der Waals surface area (Å²) in [6, 6.07) is 12.5. The van der Waals surface area contributed by atoms with E-state index in [0.717, 1.165) is 0 Å². The van der Waals surface area contributed by atoms with Crippen molar-refractivity contribution in [3.05, 3.63) is 71.1 Å². The molecule has 0 aliphatic rings. The van der Waals surface area contributed by atoms with Crippen LogP contribution in [0.2, 0.25) is 0 Å². The predicted molar refractivity (Wildman–Crippen MR) is 87.8 cm³/mol. The van der Waals surface area contributed by atoms with Crippen molar-refractivity contribution in [1.82, 2.24) is 14.4 Å². The average Bonchev–Trinajstić information content (AvgIpc) is 2.99. The summed E-state index contributed by atoms with van der Waals surface area (Å²) in [6.07, 6.45) is 2.88. The molecule has 3 aromatic heterocycles. The molecule has 0 radical (unpaired) electrons. The van der Waals surface area contributed by atoms with Crippen LogP contribution < -0.4 is 10.9 Å². The molecule has 7 heteroatoms. The zero-order valence-corrected chi connectivity index (χ0v) is 12.5. The Morgan fingerprint density at radius 3 is 2.88 bits per heavy atom. The zero-order chi connectivity index (χ0) is 16.5. The lowest BCUT2D eigenvalue weighted by Crippen LogP contribution is -2.24. The van der Waals surface area contributed by atoms with Crippen molar-refractivity contribution in [1.29, 1.82) is 0 Å². The lowest BCUT2D eigenvalue weighted by molar-refractivity contribution is -0.115. The first-order chi connectivity index (χ1) is 11.7. The highest BCUT2D eigenvalue weighted by Crippen LogP contribution is 2.15. The maximum atomic E-state index is 12.3. The summed E-state index contributed by atoms with van der Waals surface area (Å²) < 4.78 is 6.88. The van der Waals surface area contributed by atoms with Crippen molar-refractivity contribution < 1.29 is 9.21 Å². The van der Waals surface area contributed by atoms with Crippen LogP contribution in [0.4, 0.5) is 5.69 Å². The summed E-state index contributed by atoms with van der Waals surface area (Å²) in [4.78, 5) is 32.9. The van der Waals surface area contributed by atoms with E-state index >= 15 is 0 Å². The summed E-state index contributed by atoms with van der Waals surface area (Å²) in [7, 11) is 0. The van der Waals surface area contributed by atoms with Crippen LogP contribution in [0.15, 0.2) is 64.1 Å². The first-order valence-electron chi connectivity index (χ1n) is 7.31. The van der Waals surface area contributed by atoms with Gasteiger partial charge in [-0.25, -0.2) is 9.97 Å². The Morgan fingerprint density at radius 1 is 1.17 bits per heavy atom. The molecule has 0 bridgehead atoms. The van der Waals surface area contributed by atoms with Gasteiger partial charge in [-0.05, 0) is 24.3 Å². The molecule has 0 saturated carbocycles. The molecule has 24 heavy (non-hydrogen) atoms. The SMILES string of the molecule is O=C(Cc1nc2ccccc2o1)Nc1cnc2ccccn2c1=O. The number of benzene rings is 1. The third-order valence-corrected chi connectivity index (χ3v) is 3.54. The van der Waals surface area contributed by atoms with Crippen LogP contribution in [0.3, 0.4) is 0 Å². The van der Waals surface area contributed by atoms with Gasteiger partial charge in [0, 0.05) is 6.20 Å². The fourth-order valence-electron chi connectivity index (χ4n) is 2.44. The highest BCUT2D eigenvalue weighted by molar-refractivity contribution is 5.91. The molecular formula is C17H12N4O3. The molecule has 0 spiro atoms.